The zero-order chi connectivity index (χ0) is 19.6. The average molecular weight is 381 g/mol. The van der Waals surface area contributed by atoms with Gasteiger partial charge in [0, 0.05) is 25.2 Å². The van der Waals surface area contributed by atoms with Crippen molar-refractivity contribution in [3.63, 3.8) is 0 Å². The molecule has 2 aromatic rings. The monoisotopic (exact) mass is 381 g/mol. The second-order valence-corrected chi connectivity index (χ2v) is 7.57. The number of halogens is 1. The van der Waals surface area contributed by atoms with Gasteiger partial charge in [-0.1, -0.05) is 48.5 Å². The summed E-state index contributed by atoms with van der Waals surface area (Å²) in [6, 6.07) is 15.9. The predicted octanol–water partition coefficient (Wildman–Crippen LogP) is 2.32. The maximum absolute atomic E-state index is 14.0. The minimum Gasteiger partial charge on any atom is -0.353 e. The van der Waals surface area contributed by atoms with Crippen LogP contribution in [0.25, 0.3) is 0 Å². The predicted molar refractivity (Wildman–Crippen MR) is 104 cm³/mol. The number of amides is 2. The molecule has 1 saturated carbocycles. The Kier molecular flexibility index (Phi) is 5.13. The molecule has 1 heterocycles. The van der Waals surface area contributed by atoms with Gasteiger partial charge in [-0.15, -0.1) is 0 Å². The van der Waals surface area contributed by atoms with E-state index >= 15 is 0 Å². The van der Waals surface area contributed by atoms with Crippen LogP contribution in [0.1, 0.15) is 30.4 Å². The van der Waals surface area contributed by atoms with Crippen LogP contribution < -0.4 is 10.6 Å². The molecule has 0 radical (unpaired) electrons. The van der Waals surface area contributed by atoms with Gasteiger partial charge < -0.3 is 10.6 Å². The second kappa shape index (κ2) is 7.72. The highest BCUT2D eigenvalue weighted by Gasteiger charge is 2.46. The highest BCUT2D eigenvalue weighted by Crippen LogP contribution is 2.45. The number of nitrogens with one attached hydrogen (secondary N) is 2. The number of hydrogen-bond acceptors (Lipinski definition) is 3. The lowest BCUT2D eigenvalue weighted by molar-refractivity contribution is -0.134. The number of carbonyl (C=O) groups excluding carboxylic acids is 2. The van der Waals surface area contributed by atoms with Crippen molar-refractivity contribution in [3.05, 3.63) is 71.5 Å². The van der Waals surface area contributed by atoms with Crippen molar-refractivity contribution < 1.29 is 14.0 Å². The lowest BCUT2D eigenvalue weighted by atomic mass is 10.0. The third-order valence-corrected chi connectivity index (χ3v) is 5.61. The lowest BCUT2D eigenvalue weighted by Crippen LogP contribution is -2.56. The molecular weight excluding hydrogens is 357 g/mol. The van der Waals surface area contributed by atoms with Gasteiger partial charge in [0.25, 0.3) is 0 Å². The van der Waals surface area contributed by atoms with Crippen molar-refractivity contribution >= 4 is 11.8 Å². The molecule has 1 atom stereocenters. The van der Waals surface area contributed by atoms with Crippen LogP contribution >= 0.6 is 0 Å². The molecule has 2 amide bonds. The Labute approximate surface area is 163 Å². The van der Waals surface area contributed by atoms with Gasteiger partial charge in [0.15, 0.2) is 0 Å². The summed E-state index contributed by atoms with van der Waals surface area (Å²) in [5, 5.41) is 5.95. The van der Waals surface area contributed by atoms with Crippen LogP contribution in [0.5, 0.6) is 0 Å². The topological polar surface area (TPSA) is 61.4 Å². The largest absolute Gasteiger partial charge is 0.353 e. The smallest absolute Gasteiger partial charge is 0.237 e. The number of carbonyl (C=O) groups is 2. The third-order valence-electron chi connectivity index (χ3n) is 5.61. The average Bonchev–Trinajstić information content (AvgIpc) is 3.47. The summed E-state index contributed by atoms with van der Waals surface area (Å²) in [7, 11) is 0. The van der Waals surface area contributed by atoms with E-state index in [-0.39, 0.29) is 29.6 Å². The van der Waals surface area contributed by atoms with Crippen LogP contribution in [-0.4, -0.2) is 35.8 Å². The summed E-state index contributed by atoms with van der Waals surface area (Å²) in [6.45, 7) is 1.39. The van der Waals surface area contributed by atoms with E-state index in [1.54, 1.807) is 18.2 Å². The molecule has 1 aliphatic carbocycles. The molecule has 0 aromatic heterocycles. The fourth-order valence-electron chi connectivity index (χ4n) is 3.88. The van der Waals surface area contributed by atoms with Crippen molar-refractivity contribution in [1.29, 1.82) is 0 Å². The molecule has 146 valence electrons. The van der Waals surface area contributed by atoms with E-state index in [4.69, 9.17) is 0 Å². The van der Waals surface area contributed by atoms with Crippen molar-refractivity contribution in [1.82, 2.24) is 15.5 Å². The number of rotatable bonds is 6. The van der Waals surface area contributed by atoms with Crippen molar-refractivity contribution in [2.24, 2.45) is 0 Å². The summed E-state index contributed by atoms with van der Waals surface area (Å²) in [5.41, 5.74) is 1.32. The minimum absolute atomic E-state index is 0.0644. The van der Waals surface area contributed by atoms with E-state index in [9.17, 15) is 14.0 Å². The molecule has 2 fully saturated rings. The molecule has 0 bridgehead atoms. The number of piperazine rings is 1. The molecule has 0 unspecified atom stereocenters. The molecule has 5 nitrogen and oxygen atoms in total. The van der Waals surface area contributed by atoms with Gasteiger partial charge in [-0.2, -0.15) is 0 Å². The first-order valence-electron chi connectivity index (χ1n) is 9.69. The van der Waals surface area contributed by atoms with Crippen LogP contribution in [0.3, 0.4) is 0 Å². The van der Waals surface area contributed by atoms with E-state index in [0.717, 1.165) is 18.4 Å². The number of benzene rings is 2. The molecular formula is C22H24FN3O2. The van der Waals surface area contributed by atoms with Gasteiger partial charge in [0.2, 0.25) is 11.8 Å². The second-order valence-electron chi connectivity index (χ2n) is 7.57. The van der Waals surface area contributed by atoms with Crippen molar-refractivity contribution in [2.45, 2.75) is 37.4 Å². The van der Waals surface area contributed by atoms with Gasteiger partial charge in [0.05, 0.1) is 18.0 Å². The number of hydrogen-bond donors (Lipinski definition) is 2. The maximum Gasteiger partial charge on any atom is 0.237 e. The van der Waals surface area contributed by atoms with E-state index in [1.165, 1.54) is 6.07 Å². The Bertz CT molecular complexity index is 867. The first kappa shape index (κ1) is 18.6. The van der Waals surface area contributed by atoms with E-state index in [1.807, 2.05) is 35.2 Å². The highest BCUT2D eigenvalue weighted by molar-refractivity contribution is 5.89. The van der Waals surface area contributed by atoms with Crippen LogP contribution in [0.15, 0.2) is 54.6 Å². The first-order valence-corrected chi connectivity index (χ1v) is 9.69. The first-order chi connectivity index (χ1) is 13.6. The fourth-order valence-corrected chi connectivity index (χ4v) is 3.88. The number of nitrogens with zero attached hydrogens (tertiary/aromatic N) is 1. The molecule has 2 aromatic carbocycles. The maximum atomic E-state index is 14.0. The Morgan fingerprint density at radius 3 is 2.57 bits per heavy atom. The van der Waals surface area contributed by atoms with E-state index in [2.05, 4.69) is 10.6 Å². The summed E-state index contributed by atoms with van der Waals surface area (Å²) in [4.78, 5) is 27.1. The van der Waals surface area contributed by atoms with Gasteiger partial charge in [-0.3, -0.25) is 14.5 Å². The van der Waals surface area contributed by atoms with E-state index in [0.29, 0.717) is 25.2 Å². The zero-order valence-corrected chi connectivity index (χ0v) is 15.7. The quantitative estimate of drug-likeness (QED) is 0.807. The molecule has 28 heavy (non-hydrogen) atoms. The Morgan fingerprint density at radius 1 is 1.14 bits per heavy atom. The normalized spacial score (nSPS) is 21.0. The molecule has 1 aliphatic heterocycles. The molecule has 2 aliphatic rings. The molecule has 2 N–H and O–H groups in total. The van der Waals surface area contributed by atoms with Crippen LogP contribution in [0.4, 0.5) is 4.39 Å². The van der Waals surface area contributed by atoms with Crippen LogP contribution in [-0.2, 0) is 21.7 Å². The van der Waals surface area contributed by atoms with Crippen molar-refractivity contribution in [3.8, 4) is 0 Å². The Balaban J connectivity index is 1.44. The SMILES string of the molecule is O=C(C[C@H]1C(=O)NCCN1Cc1ccccc1F)NC1(c2ccccc2)CC1. The third kappa shape index (κ3) is 3.92. The lowest BCUT2D eigenvalue weighted by Gasteiger charge is -2.35. The standard InChI is InChI=1S/C22H24FN3O2/c23-18-9-5-4-6-16(18)15-26-13-12-24-21(28)19(26)14-20(27)25-22(10-11-22)17-7-2-1-3-8-17/h1-9,19H,10-15H2,(H,24,28)(H,25,27)/t19-/m0/s1. The van der Waals surface area contributed by atoms with Crippen LogP contribution in [0.2, 0.25) is 0 Å². The fraction of sp³-hybridized carbons (Fsp3) is 0.364. The van der Waals surface area contributed by atoms with Gasteiger partial charge in [-0.25, -0.2) is 4.39 Å². The Hall–Kier alpha value is -2.73. The summed E-state index contributed by atoms with van der Waals surface area (Å²) in [5.74, 6) is -0.623. The van der Waals surface area contributed by atoms with Gasteiger partial charge in [-0.05, 0) is 24.5 Å². The summed E-state index contributed by atoms with van der Waals surface area (Å²) >= 11 is 0. The highest BCUT2D eigenvalue weighted by atomic mass is 19.1. The minimum atomic E-state index is -0.597. The van der Waals surface area contributed by atoms with Crippen molar-refractivity contribution in [2.75, 3.05) is 13.1 Å². The van der Waals surface area contributed by atoms with Gasteiger partial charge >= 0.3 is 0 Å². The Morgan fingerprint density at radius 2 is 1.86 bits per heavy atom. The molecule has 1 saturated heterocycles. The van der Waals surface area contributed by atoms with E-state index < -0.39 is 6.04 Å². The summed E-state index contributed by atoms with van der Waals surface area (Å²) in [6.07, 6.45) is 1.87. The molecule has 6 heteroatoms. The van der Waals surface area contributed by atoms with Gasteiger partial charge in [0.1, 0.15) is 5.82 Å². The zero-order valence-electron chi connectivity index (χ0n) is 15.7. The van der Waals surface area contributed by atoms with Crippen LogP contribution in [0, 0.1) is 5.82 Å². The molecule has 0 spiro atoms. The molecule has 4 rings (SSSR count). The summed E-state index contributed by atoms with van der Waals surface area (Å²) < 4.78 is 14.0.